The molecule has 0 saturated carbocycles. The van der Waals surface area contributed by atoms with Crippen LogP contribution in [0.25, 0.3) is 0 Å². The lowest BCUT2D eigenvalue weighted by molar-refractivity contribution is -0.0244. The first-order chi connectivity index (χ1) is 6.17. The van der Waals surface area contributed by atoms with Gasteiger partial charge < -0.3 is 20.5 Å². The van der Waals surface area contributed by atoms with Gasteiger partial charge in [0, 0.05) is 12.5 Å². The molecule has 0 aromatic rings. The highest BCUT2D eigenvalue weighted by atomic mass is 16.3. The second-order valence-corrected chi connectivity index (χ2v) is 3.14. The van der Waals surface area contributed by atoms with E-state index in [-0.39, 0.29) is 12.5 Å². The molecule has 0 bridgehead atoms. The summed E-state index contributed by atoms with van der Waals surface area (Å²) in [6.45, 7) is 1.78. The topological polar surface area (TPSA) is 72.7 Å². The van der Waals surface area contributed by atoms with Crippen LogP contribution in [0.3, 0.4) is 0 Å². The lowest BCUT2D eigenvalue weighted by Crippen LogP contribution is -2.37. The molecule has 0 saturated heterocycles. The number of rotatable bonds is 7. The van der Waals surface area contributed by atoms with Gasteiger partial charge in [0.05, 0.1) is 12.2 Å². The summed E-state index contributed by atoms with van der Waals surface area (Å²) >= 11 is 0. The Bertz CT molecular complexity index is 122. The maximum absolute atomic E-state index is 9.55. The van der Waals surface area contributed by atoms with Crippen LogP contribution in [0.2, 0.25) is 6.32 Å². The molecule has 5 heteroatoms. The minimum atomic E-state index is -0.848. The quantitative estimate of drug-likeness (QED) is 0.386. The summed E-state index contributed by atoms with van der Waals surface area (Å²) in [7, 11) is 3.42. The summed E-state index contributed by atoms with van der Waals surface area (Å²) in [6.07, 6.45) is -0.605. The van der Waals surface area contributed by atoms with Crippen molar-refractivity contribution in [3.8, 4) is 0 Å². The first-order valence-electron chi connectivity index (χ1n) is 4.63. The van der Waals surface area contributed by atoms with E-state index in [1.807, 2.05) is 6.92 Å². The van der Waals surface area contributed by atoms with Crippen LogP contribution in [0.15, 0.2) is 0 Å². The zero-order valence-electron chi connectivity index (χ0n) is 8.27. The van der Waals surface area contributed by atoms with Crippen LogP contribution in [-0.2, 0) is 0 Å². The Morgan fingerprint density at radius 1 is 1.38 bits per heavy atom. The van der Waals surface area contributed by atoms with Gasteiger partial charge in [-0.05, 0) is 19.8 Å². The third-order valence-electron chi connectivity index (χ3n) is 2.20. The molecule has 4 nitrogen and oxygen atoms in total. The Labute approximate surface area is 80.2 Å². The standard InChI is InChI=1S/C8H19BNO3/c1-3-6(5-11)8(13)7(12)4-9-10-2/h6-8,10-13H,3-5H2,1-2H3. The summed E-state index contributed by atoms with van der Waals surface area (Å²) < 4.78 is 0. The van der Waals surface area contributed by atoms with Crippen molar-refractivity contribution in [3.63, 3.8) is 0 Å². The van der Waals surface area contributed by atoms with Gasteiger partial charge in [0.1, 0.15) is 0 Å². The smallest absolute Gasteiger partial charge is 0.207 e. The zero-order valence-corrected chi connectivity index (χ0v) is 8.27. The van der Waals surface area contributed by atoms with Gasteiger partial charge in [0.25, 0.3) is 0 Å². The van der Waals surface area contributed by atoms with Crippen LogP contribution >= 0.6 is 0 Å². The minimum absolute atomic E-state index is 0.0890. The molecule has 0 aromatic heterocycles. The molecular formula is C8H19BNO3. The van der Waals surface area contributed by atoms with Crippen molar-refractivity contribution in [2.24, 2.45) is 5.92 Å². The van der Waals surface area contributed by atoms with Crippen molar-refractivity contribution >= 4 is 7.41 Å². The Morgan fingerprint density at radius 2 is 2.00 bits per heavy atom. The predicted molar refractivity (Wildman–Crippen MR) is 52.5 cm³/mol. The van der Waals surface area contributed by atoms with Gasteiger partial charge in [-0.1, -0.05) is 6.92 Å². The fourth-order valence-corrected chi connectivity index (χ4v) is 1.17. The number of aliphatic hydroxyl groups is 3. The maximum atomic E-state index is 9.55. The van der Waals surface area contributed by atoms with Crippen LogP contribution in [0.4, 0.5) is 0 Å². The molecule has 3 atom stereocenters. The first-order valence-corrected chi connectivity index (χ1v) is 4.63. The van der Waals surface area contributed by atoms with Gasteiger partial charge in [0.2, 0.25) is 7.41 Å². The van der Waals surface area contributed by atoms with Crippen LogP contribution in [0.1, 0.15) is 13.3 Å². The Hall–Kier alpha value is -0.0951. The number of hydrogen-bond acceptors (Lipinski definition) is 4. The Morgan fingerprint density at radius 3 is 2.38 bits per heavy atom. The maximum Gasteiger partial charge on any atom is 0.207 e. The fourth-order valence-electron chi connectivity index (χ4n) is 1.17. The highest BCUT2D eigenvalue weighted by molar-refractivity contribution is 6.32. The third-order valence-corrected chi connectivity index (χ3v) is 2.20. The summed E-state index contributed by atoms with van der Waals surface area (Å²) in [6, 6.07) is 0. The molecule has 0 aliphatic heterocycles. The van der Waals surface area contributed by atoms with E-state index < -0.39 is 12.2 Å². The number of nitrogens with one attached hydrogen (secondary N) is 1. The molecule has 0 fully saturated rings. The minimum Gasteiger partial charge on any atom is -0.396 e. The summed E-state index contributed by atoms with van der Waals surface area (Å²) in [5, 5.41) is 30.6. The van der Waals surface area contributed by atoms with E-state index in [1.165, 1.54) is 0 Å². The van der Waals surface area contributed by atoms with Crippen LogP contribution < -0.4 is 5.23 Å². The van der Waals surface area contributed by atoms with Gasteiger partial charge in [-0.2, -0.15) is 0 Å². The molecule has 4 N–H and O–H groups in total. The zero-order chi connectivity index (χ0) is 10.3. The Balaban J connectivity index is 3.83. The average Bonchev–Trinajstić information content (AvgIpc) is 2.15. The molecule has 0 amide bonds. The van der Waals surface area contributed by atoms with E-state index in [1.54, 1.807) is 14.5 Å². The van der Waals surface area contributed by atoms with Crippen LogP contribution in [0, 0.1) is 5.92 Å². The summed E-state index contributed by atoms with van der Waals surface area (Å²) in [4.78, 5) is 0. The number of hydrogen-bond donors (Lipinski definition) is 4. The third kappa shape index (κ3) is 4.62. The number of aliphatic hydroxyl groups excluding tert-OH is 3. The second-order valence-electron chi connectivity index (χ2n) is 3.14. The lowest BCUT2D eigenvalue weighted by atomic mass is 9.81. The molecule has 0 spiro atoms. The van der Waals surface area contributed by atoms with E-state index in [4.69, 9.17) is 5.11 Å². The molecule has 0 rings (SSSR count). The van der Waals surface area contributed by atoms with Crippen LogP contribution in [-0.4, -0.2) is 48.6 Å². The van der Waals surface area contributed by atoms with Gasteiger partial charge in [-0.25, -0.2) is 0 Å². The van der Waals surface area contributed by atoms with E-state index in [0.717, 1.165) is 0 Å². The van der Waals surface area contributed by atoms with Crippen molar-refractivity contribution in [3.05, 3.63) is 0 Å². The molecule has 0 aliphatic carbocycles. The van der Waals surface area contributed by atoms with Crippen molar-refractivity contribution in [1.29, 1.82) is 0 Å². The van der Waals surface area contributed by atoms with Crippen LogP contribution in [0.5, 0.6) is 0 Å². The van der Waals surface area contributed by atoms with Gasteiger partial charge in [-0.3, -0.25) is 0 Å². The van der Waals surface area contributed by atoms with Gasteiger partial charge in [0.15, 0.2) is 0 Å². The Kier molecular flexibility index (Phi) is 7.27. The molecule has 0 heterocycles. The first kappa shape index (κ1) is 12.9. The normalized spacial score (nSPS) is 17.9. The highest BCUT2D eigenvalue weighted by Gasteiger charge is 2.23. The predicted octanol–water partition coefficient (Wildman–Crippen LogP) is -1.02. The molecular weight excluding hydrogens is 169 g/mol. The molecule has 0 aromatic carbocycles. The van der Waals surface area contributed by atoms with E-state index >= 15 is 0 Å². The van der Waals surface area contributed by atoms with Gasteiger partial charge in [-0.15, -0.1) is 0 Å². The fraction of sp³-hybridized carbons (Fsp3) is 1.00. The summed E-state index contributed by atoms with van der Waals surface area (Å²) in [5.41, 5.74) is 0. The van der Waals surface area contributed by atoms with Gasteiger partial charge >= 0.3 is 0 Å². The monoisotopic (exact) mass is 188 g/mol. The second kappa shape index (κ2) is 7.32. The molecule has 13 heavy (non-hydrogen) atoms. The average molecular weight is 188 g/mol. The largest absolute Gasteiger partial charge is 0.396 e. The molecule has 0 aliphatic rings. The molecule has 77 valence electrons. The SMILES string of the molecule is CCC(CO)C(O)C(O)C[B]NC. The van der Waals surface area contributed by atoms with E-state index in [2.05, 4.69) is 5.23 Å². The van der Waals surface area contributed by atoms with Crippen molar-refractivity contribution < 1.29 is 15.3 Å². The van der Waals surface area contributed by atoms with Crippen molar-refractivity contribution in [1.82, 2.24) is 5.23 Å². The lowest BCUT2D eigenvalue weighted by Gasteiger charge is -2.24. The van der Waals surface area contributed by atoms with Crippen molar-refractivity contribution in [2.45, 2.75) is 31.9 Å². The van der Waals surface area contributed by atoms with Crippen molar-refractivity contribution in [2.75, 3.05) is 13.7 Å². The summed E-state index contributed by atoms with van der Waals surface area (Å²) in [5.74, 6) is -0.236. The molecule has 1 radical (unpaired) electrons. The van der Waals surface area contributed by atoms with E-state index in [9.17, 15) is 10.2 Å². The highest BCUT2D eigenvalue weighted by Crippen LogP contribution is 2.13. The molecule has 3 unspecified atom stereocenters. The van der Waals surface area contributed by atoms with E-state index in [0.29, 0.717) is 12.7 Å².